The number of rotatable bonds is 2. The van der Waals surface area contributed by atoms with E-state index in [1.807, 2.05) is 0 Å². The van der Waals surface area contributed by atoms with Crippen molar-refractivity contribution < 1.29 is 4.57 Å². The predicted molar refractivity (Wildman–Crippen MR) is 97.1 cm³/mol. The number of benzene rings is 1. The van der Waals surface area contributed by atoms with Crippen LogP contribution in [0.3, 0.4) is 0 Å². The Balaban J connectivity index is 2.10. The predicted octanol–water partition coefficient (Wildman–Crippen LogP) is 3.09. The van der Waals surface area contributed by atoms with Crippen molar-refractivity contribution in [1.82, 2.24) is 0 Å². The first-order valence-electron chi connectivity index (χ1n) is 7.84. The summed E-state index contributed by atoms with van der Waals surface area (Å²) in [6.45, 7) is 15.6. The lowest BCUT2D eigenvalue weighted by atomic mass is 10.1. The molecule has 0 unspecified atom stereocenters. The monoisotopic (exact) mass is 312 g/mol. The molecule has 0 amide bonds. The molecule has 110 valence electrons. The fourth-order valence-corrected chi connectivity index (χ4v) is 5.25. The molecule has 2 aromatic rings. The largest absolute Gasteiger partial charge is 0.213 e. The van der Waals surface area contributed by atoms with E-state index in [9.17, 15) is 0 Å². The average molecular weight is 313 g/mol. The summed E-state index contributed by atoms with van der Waals surface area (Å²) >= 11 is 0. The maximum atomic E-state index is 2.45. The molecule has 3 heteroatoms. The third-order valence-corrected chi connectivity index (χ3v) is 8.55. The van der Waals surface area contributed by atoms with Gasteiger partial charge in [0.15, 0.2) is 12.7 Å². The summed E-state index contributed by atoms with van der Waals surface area (Å²) in [5.74, 6) is 0. The standard InChI is InChI=1S/C18H26NSi2/c1-20(2,3)15-8-7-14-12-19-13-16(21(4,5)6)9-10-18(19)17(14)11-15/h7-11,13H,12H2,1-6H3/q+1. The van der Waals surface area contributed by atoms with Gasteiger partial charge >= 0.3 is 0 Å². The van der Waals surface area contributed by atoms with E-state index in [1.54, 1.807) is 10.4 Å². The van der Waals surface area contributed by atoms with Gasteiger partial charge in [-0.1, -0.05) is 62.7 Å². The van der Waals surface area contributed by atoms with Gasteiger partial charge in [-0.3, -0.25) is 0 Å². The molecule has 0 radical (unpaired) electrons. The summed E-state index contributed by atoms with van der Waals surface area (Å²) in [6.07, 6.45) is 2.40. The van der Waals surface area contributed by atoms with Gasteiger partial charge in [0.05, 0.1) is 21.7 Å². The second-order valence-corrected chi connectivity index (χ2v) is 18.5. The first-order valence-corrected chi connectivity index (χ1v) is 14.8. The van der Waals surface area contributed by atoms with Crippen LogP contribution < -0.4 is 14.9 Å². The normalized spacial score (nSPS) is 14.0. The van der Waals surface area contributed by atoms with Gasteiger partial charge in [-0.2, -0.15) is 4.57 Å². The molecule has 1 aliphatic heterocycles. The lowest BCUT2D eigenvalue weighted by Crippen LogP contribution is -2.45. The van der Waals surface area contributed by atoms with Crippen molar-refractivity contribution in [3.63, 3.8) is 0 Å². The van der Waals surface area contributed by atoms with Crippen LogP contribution in [0.5, 0.6) is 0 Å². The quantitative estimate of drug-likeness (QED) is 0.506. The van der Waals surface area contributed by atoms with Gasteiger partial charge in [0.25, 0.3) is 0 Å². The SMILES string of the molecule is C[Si](C)(C)c1ccc2c(c1)-c1ccc([Si](C)(C)C)c[n+]1C2. The van der Waals surface area contributed by atoms with Crippen molar-refractivity contribution >= 4 is 26.5 Å². The molecule has 0 spiro atoms. The van der Waals surface area contributed by atoms with Crippen LogP contribution in [0.2, 0.25) is 39.3 Å². The van der Waals surface area contributed by atoms with Crippen molar-refractivity contribution in [2.45, 2.75) is 45.8 Å². The number of aromatic nitrogens is 1. The summed E-state index contributed by atoms with van der Waals surface area (Å²) in [5, 5.41) is 3.11. The molecule has 1 nitrogen and oxygen atoms in total. The number of pyridine rings is 1. The van der Waals surface area contributed by atoms with Crippen LogP contribution in [0.1, 0.15) is 5.56 Å². The molecule has 0 saturated heterocycles. The smallest absolute Gasteiger partial charge is 0.194 e. The molecule has 1 aliphatic rings. The van der Waals surface area contributed by atoms with Gasteiger partial charge in [-0.25, -0.2) is 0 Å². The minimum atomic E-state index is -1.24. The van der Waals surface area contributed by atoms with Crippen LogP contribution in [-0.2, 0) is 6.54 Å². The molecule has 3 rings (SSSR count). The van der Waals surface area contributed by atoms with E-state index in [0.29, 0.717) is 0 Å². The number of fused-ring (bicyclic) bond motifs is 3. The maximum Gasteiger partial charge on any atom is 0.213 e. The Bertz CT molecular complexity index is 706. The van der Waals surface area contributed by atoms with E-state index in [1.165, 1.54) is 16.8 Å². The Morgan fingerprint density at radius 2 is 1.43 bits per heavy atom. The second kappa shape index (κ2) is 4.65. The van der Waals surface area contributed by atoms with E-state index in [4.69, 9.17) is 0 Å². The summed E-state index contributed by atoms with van der Waals surface area (Å²) in [4.78, 5) is 0. The molecule has 0 saturated carbocycles. The maximum absolute atomic E-state index is 2.45. The van der Waals surface area contributed by atoms with Crippen molar-refractivity contribution in [3.8, 4) is 11.3 Å². The van der Waals surface area contributed by atoms with Gasteiger partial charge in [0.2, 0.25) is 5.69 Å². The van der Waals surface area contributed by atoms with Crippen LogP contribution >= 0.6 is 0 Å². The molecule has 0 aliphatic carbocycles. The van der Waals surface area contributed by atoms with E-state index < -0.39 is 16.1 Å². The third-order valence-electron chi connectivity index (χ3n) is 4.48. The molecular formula is C18H26NSi2+. The summed E-state index contributed by atoms with van der Waals surface area (Å²) in [5.41, 5.74) is 4.33. The van der Waals surface area contributed by atoms with Crippen LogP contribution in [0.15, 0.2) is 36.5 Å². The van der Waals surface area contributed by atoms with E-state index >= 15 is 0 Å². The zero-order valence-corrected chi connectivity index (χ0v) is 16.1. The van der Waals surface area contributed by atoms with Crippen molar-refractivity contribution in [1.29, 1.82) is 0 Å². The Morgan fingerprint density at radius 1 is 0.810 bits per heavy atom. The highest BCUT2D eigenvalue weighted by atomic mass is 28.3. The van der Waals surface area contributed by atoms with Crippen molar-refractivity contribution in [2.24, 2.45) is 0 Å². The Morgan fingerprint density at radius 3 is 2.05 bits per heavy atom. The van der Waals surface area contributed by atoms with Gasteiger partial charge in [0.1, 0.15) is 0 Å². The van der Waals surface area contributed by atoms with E-state index in [-0.39, 0.29) is 0 Å². The molecular weight excluding hydrogens is 286 g/mol. The van der Waals surface area contributed by atoms with Crippen molar-refractivity contribution in [3.05, 3.63) is 42.1 Å². The molecule has 1 aromatic heterocycles. The molecule has 2 heterocycles. The van der Waals surface area contributed by atoms with Gasteiger partial charge in [0, 0.05) is 16.8 Å². The molecule has 0 fully saturated rings. The summed E-state index contributed by atoms with van der Waals surface area (Å²) in [6, 6.07) is 11.9. The minimum Gasteiger partial charge on any atom is -0.194 e. The summed E-state index contributed by atoms with van der Waals surface area (Å²) < 4.78 is 2.45. The lowest BCUT2D eigenvalue weighted by molar-refractivity contribution is -0.671. The fraction of sp³-hybridized carbons (Fsp3) is 0.389. The van der Waals surface area contributed by atoms with Crippen LogP contribution in [-0.4, -0.2) is 16.1 Å². The second-order valence-electron chi connectivity index (χ2n) is 8.30. The highest BCUT2D eigenvalue weighted by molar-refractivity contribution is 6.89. The van der Waals surface area contributed by atoms with E-state index in [2.05, 4.69) is 80.4 Å². The van der Waals surface area contributed by atoms with Gasteiger partial charge in [-0.15, -0.1) is 0 Å². The van der Waals surface area contributed by atoms with Gasteiger partial charge in [-0.05, 0) is 6.07 Å². The fourth-order valence-electron chi connectivity index (χ4n) is 2.97. The Kier molecular flexibility index (Phi) is 3.26. The highest BCUT2D eigenvalue weighted by Gasteiger charge is 2.30. The highest BCUT2D eigenvalue weighted by Crippen LogP contribution is 2.26. The third kappa shape index (κ3) is 2.65. The molecule has 0 N–H and O–H groups in total. The number of hydrogen-bond acceptors (Lipinski definition) is 0. The first-order chi connectivity index (χ1) is 9.66. The molecule has 21 heavy (non-hydrogen) atoms. The zero-order chi connectivity index (χ0) is 15.4. The van der Waals surface area contributed by atoms with Crippen molar-refractivity contribution in [2.75, 3.05) is 0 Å². The number of hydrogen-bond donors (Lipinski definition) is 0. The Hall–Kier alpha value is -1.20. The van der Waals surface area contributed by atoms with Crippen LogP contribution in [0.25, 0.3) is 11.3 Å². The van der Waals surface area contributed by atoms with E-state index in [0.717, 1.165) is 6.54 Å². The minimum absolute atomic E-state index is 1.04. The zero-order valence-electron chi connectivity index (χ0n) is 14.1. The lowest BCUT2D eigenvalue weighted by Gasteiger charge is -2.17. The number of nitrogens with zero attached hydrogens (tertiary/aromatic N) is 1. The molecule has 0 bridgehead atoms. The average Bonchev–Trinajstić information content (AvgIpc) is 2.73. The Labute approximate surface area is 130 Å². The van der Waals surface area contributed by atoms with Gasteiger partial charge < -0.3 is 0 Å². The van der Waals surface area contributed by atoms with Crippen LogP contribution in [0, 0.1) is 0 Å². The summed E-state index contributed by atoms with van der Waals surface area (Å²) in [7, 11) is -2.47. The topological polar surface area (TPSA) is 3.88 Å². The molecule has 1 aromatic carbocycles. The molecule has 0 atom stereocenters. The van der Waals surface area contributed by atoms with Crippen LogP contribution in [0.4, 0.5) is 0 Å². The first kappa shape index (κ1) is 14.7.